The summed E-state index contributed by atoms with van der Waals surface area (Å²) in [5, 5.41) is 6.28. The van der Waals surface area contributed by atoms with Gasteiger partial charge in [-0.2, -0.15) is 0 Å². The summed E-state index contributed by atoms with van der Waals surface area (Å²) >= 11 is 0. The maximum absolute atomic E-state index is 4.70. The van der Waals surface area contributed by atoms with Crippen LogP contribution in [-0.2, 0) is 0 Å². The number of hydrogen-bond acceptors (Lipinski definition) is 3. The normalized spacial score (nSPS) is 26.4. The van der Waals surface area contributed by atoms with Crippen LogP contribution in [-0.4, -0.2) is 30.7 Å². The van der Waals surface area contributed by atoms with Crippen LogP contribution >= 0.6 is 0 Å². The van der Waals surface area contributed by atoms with Crippen molar-refractivity contribution in [3.63, 3.8) is 0 Å². The summed E-state index contributed by atoms with van der Waals surface area (Å²) in [5.41, 5.74) is 0. The Morgan fingerprint density at radius 3 is 2.95 bits per heavy atom. The molecule has 0 radical (unpaired) electrons. The van der Waals surface area contributed by atoms with Gasteiger partial charge >= 0.3 is 0 Å². The molecule has 21 heavy (non-hydrogen) atoms. The quantitative estimate of drug-likeness (QED) is 0.916. The standard InChI is InChI=1S/C18H23N3/c1-2-7-16-14(5-1)9-11-20-18(16)21-12-4-6-15(13-21)17-8-3-10-19-17/h1-2,5,7,9,11,15,17,19H,3-4,6,8,10,12-13H2. The Morgan fingerprint density at radius 1 is 1.10 bits per heavy atom. The smallest absolute Gasteiger partial charge is 0.136 e. The molecule has 2 aromatic rings. The predicted molar refractivity (Wildman–Crippen MR) is 87.7 cm³/mol. The van der Waals surface area contributed by atoms with Gasteiger partial charge in [-0.3, -0.25) is 0 Å². The molecule has 3 heterocycles. The zero-order chi connectivity index (χ0) is 14.1. The molecule has 4 rings (SSSR count). The van der Waals surface area contributed by atoms with Crippen LogP contribution < -0.4 is 10.2 Å². The topological polar surface area (TPSA) is 28.2 Å². The summed E-state index contributed by atoms with van der Waals surface area (Å²) < 4.78 is 0. The van der Waals surface area contributed by atoms with Gasteiger partial charge in [0.2, 0.25) is 0 Å². The highest BCUT2D eigenvalue weighted by atomic mass is 15.2. The largest absolute Gasteiger partial charge is 0.356 e. The molecule has 2 aliphatic heterocycles. The van der Waals surface area contributed by atoms with Gasteiger partial charge in [0.25, 0.3) is 0 Å². The molecule has 2 unspecified atom stereocenters. The monoisotopic (exact) mass is 281 g/mol. The van der Waals surface area contributed by atoms with E-state index in [9.17, 15) is 0 Å². The van der Waals surface area contributed by atoms with Crippen molar-refractivity contribution in [3.8, 4) is 0 Å². The Kier molecular flexibility index (Phi) is 3.52. The van der Waals surface area contributed by atoms with E-state index in [1.807, 2.05) is 6.20 Å². The fraction of sp³-hybridized carbons (Fsp3) is 0.500. The Balaban J connectivity index is 1.62. The van der Waals surface area contributed by atoms with Crippen LogP contribution in [0.2, 0.25) is 0 Å². The van der Waals surface area contributed by atoms with Crippen LogP contribution in [0, 0.1) is 5.92 Å². The zero-order valence-corrected chi connectivity index (χ0v) is 12.5. The number of piperidine rings is 1. The van der Waals surface area contributed by atoms with Gasteiger partial charge in [-0.15, -0.1) is 0 Å². The summed E-state index contributed by atoms with van der Waals surface area (Å²) in [5.74, 6) is 1.96. The fourth-order valence-electron chi connectivity index (χ4n) is 4.00. The Hall–Kier alpha value is -1.61. The minimum absolute atomic E-state index is 0.725. The third-order valence-electron chi connectivity index (χ3n) is 5.08. The average molecular weight is 281 g/mol. The first-order valence-electron chi connectivity index (χ1n) is 8.24. The number of rotatable bonds is 2. The second-order valence-electron chi connectivity index (χ2n) is 6.41. The van der Waals surface area contributed by atoms with Gasteiger partial charge in [0.05, 0.1) is 0 Å². The van der Waals surface area contributed by atoms with Crippen molar-refractivity contribution in [3.05, 3.63) is 36.5 Å². The van der Waals surface area contributed by atoms with Crippen LogP contribution in [0.3, 0.4) is 0 Å². The van der Waals surface area contributed by atoms with Gasteiger partial charge in [0.15, 0.2) is 0 Å². The molecule has 0 spiro atoms. The van der Waals surface area contributed by atoms with E-state index in [0.717, 1.165) is 25.0 Å². The molecular weight excluding hydrogens is 258 g/mol. The fourth-order valence-corrected chi connectivity index (χ4v) is 4.00. The molecular formula is C18H23N3. The van der Waals surface area contributed by atoms with Crippen molar-refractivity contribution in [1.29, 1.82) is 0 Å². The molecule has 2 saturated heterocycles. The molecule has 2 aliphatic rings. The molecule has 110 valence electrons. The summed E-state index contributed by atoms with van der Waals surface area (Å²) in [6.07, 6.45) is 7.29. The van der Waals surface area contributed by atoms with Crippen molar-refractivity contribution in [2.45, 2.75) is 31.7 Å². The van der Waals surface area contributed by atoms with Crippen molar-refractivity contribution >= 4 is 16.6 Å². The van der Waals surface area contributed by atoms with Gasteiger partial charge in [-0.25, -0.2) is 4.98 Å². The Bertz CT molecular complexity index is 613. The van der Waals surface area contributed by atoms with Gasteiger partial charge in [-0.1, -0.05) is 24.3 Å². The molecule has 0 aliphatic carbocycles. The maximum atomic E-state index is 4.70. The van der Waals surface area contributed by atoms with Crippen LogP contribution in [0.15, 0.2) is 36.5 Å². The minimum Gasteiger partial charge on any atom is -0.356 e. The third kappa shape index (κ3) is 2.51. The lowest BCUT2D eigenvalue weighted by Crippen LogP contribution is -2.43. The number of aromatic nitrogens is 1. The van der Waals surface area contributed by atoms with Crippen LogP contribution in [0.5, 0.6) is 0 Å². The number of nitrogens with zero attached hydrogens (tertiary/aromatic N) is 2. The van der Waals surface area contributed by atoms with E-state index in [2.05, 4.69) is 40.5 Å². The van der Waals surface area contributed by atoms with Gasteiger partial charge < -0.3 is 10.2 Å². The van der Waals surface area contributed by atoms with Crippen LogP contribution in [0.4, 0.5) is 5.82 Å². The van der Waals surface area contributed by atoms with Crippen molar-refractivity contribution in [1.82, 2.24) is 10.3 Å². The minimum atomic E-state index is 0.725. The zero-order valence-electron chi connectivity index (χ0n) is 12.5. The van der Waals surface area contributed by atoms with Crippen molar-refractivity contribution in [2.75, 3.05) is 24.5 Å². The summed E-state index contributed by atoms with van der Waals surface area (Å²) in [6, 6.07) is 11.4. The maximum Gasteiger partial charge on any atom is 0.136 e. The Labute approximate surface area is 126 Å². The molecule has 0 saturated carbocycles. The van der Waals surface area contributed by atoms with E-state index < -0.39 is 0 Å². The first-order valence-corrected chi connectivity index (χ1v) is 8.24. The van der Waals surface area contributed by atoms with E-state index in [0.29, 0.717) is 0 Å². The molecule has 2 atom stereocenters. The first-order chi connectivity index (χ1) is 10.4. The van der Waals surface area contributed by atoms with Crippen molar-refractivity contribution in [2.24, 2.45) is 5.92 Å². The highest BCUT2D eigenvalue weighted by molar-refractivity contribution is 5.92. The van der Waals surface area contributed by atoms with Crippen LogP contribution in [0.1, 0.15) is 25.7 Å². The predicted octanol–water partition coefficient (Wildman–Crippen LogP) is 3.20. The summed E-state index contributed by atoms with van der Waals surface area (Å²) in [6.45, 7) is 3.50. The Morgan fingerprint density at radius 2 is 2.05 bits per heavy atom. The first kappa shape index (κ1) is 13.1. The molecule has 2 fully saturated rings. The number of anilines is 1. The van der Waals surface area contributed by atoms with E-state index in [1.54, 1.807) is 0 Å². The SMILES string of the molecule is c1ccc2c(N3CCCC(C4CCCN4)C3)nccc2c1. The van der Waals surface area contributed by atoms with Crippen molar-refractivity contribution < 1.29 is 0 Å². The molecule has 0 amide bonds. The molecule has 3 heteroatoms. The number of benzene rings is 1. The highest BCUT2D eigenvalue weighted by Crippen LogP contribution is 2.30. The number of hydrogen-bond donors (Lipinski definition) is 1. The highest BCUT2D eigenvalue weighted by Gasteiger charge is 2.29. The number of pyridine rings is 1. The second-order valence-corrected chi connectivity index (χ2v) is 6.41. The molecule has 1 aromatic heterocycles. The van der Waals surface area contributed by atoms with Gasteiger partial charge in [0, 0.05) is 30.7 Å². The van der Waals surface area contributed by atoms with Crippen LogP contribution in [0.25, 0.3) is 10.8 Å². The van der Waals surface area contributed by atoms with Gasteiger partial charge in [-0.05, 0) is 49.6 Å². The number of nitrogens with one attached hydrogen (secondary N) is 1. The third-order valence-corrected chi connectivity index (χ3v) is 5.08. The van der Waals surface area contributed by atoms with E-state index in [-0.39, 0.29) is 0 Å². The lowest BCUT2D eigenvalue weighted by molar-refractivity contribution is 0.328. The molecule has 1 aromatic carbocycles. The lowest BCUT2D eigenvalue weighted by atomic mass is 9.89. The molecule has 3 nitrogen and oxygen atoms in total. The number of fused-ring (bicyclic) bond motifs is 1. The average Bonchev–Trinajstić information content (AvgIpc) is 3.09. The van der Waals surface area contributed by atoms with Gasteiger partial charge in [0.1, 0.15) is 5.82 Å². The lowest BCUT2D eigenvalue weighted by Gasteiger charge is -2.37. The summed E-state index contributed by atoms with van der Waals surface area (Å²) in [7, 11) is 0. The van der Waals surface area contributed by atoms with E-state index in [1.165, 1.54) is 48.8 Å². The van der Waals surface area contributed by atoms with E-state index in [4.69, 9.17) is 4.98 Å². The van der Waals surface area contributed by atoms with E-state index >= 15 is 0 Å². The summed E-state index contributed by atoms with van der Waals surface area (Å²) in [4.78, 5) is 7.21. The second kappa shape index (κ2) is 5.64. The molecule has 1 N–H and O–H groups in total. The molecule has 0 bridgehead atoms.